The van der Waals surface area contributed by atoms with Crippen molar-refractivity contribution in [2.24, 2.45) is 11.8 Å². The summed E-state index contributed by atoms with van der Waals surface area (Å²) in [5.74, 6) is 2.64. The highest BCUT2D eigenvalue weighted by atomic mass is 16.2. The Hall–Kier alpha value is -1.69. The van der Waals surface area contributed by atoms with Crippen LogP contribution in [0.15, 0.2) is 6.20 Å². The van der Waals surface area contributed by atoms with Gasteiger partial charge in [0.1, 0.15) is 5.82 Å². The van der Waals surface area contributed by atoms with E-state index in [1.807, 2.05) is 20.0 Å². The average molecular weight is 358 g/mol. The number of anilines is 1. The molecule has 3 fully saturated rings. The fourth-order valence-corrected chi connectivity index (χ4v) is 4.95. The molecule has 26 heavy (non-hydrogen) atoms. The van der Waals surface area contributed by atoms with Crippen molar-refractivity contribution in [3.63, 3.8) is 0 Å². The van der Waals surface area contributed by atoms with E-state index < -0.39 is 0 Å². The van der Waals surface area contributed by atoms with Gasteiger partial charge < -0.3 is 15.1 Å². The quantitative estimate of drug-likeness (QED) is 0.895. The van der Waals surface area contributed by atoms with Crippen molar-refractivity contribution in [1.82, 2.24) is 20.2 Å². The molecule has 1 aromatic rings. The molecule has 1 N–H and O–H groups in total. The molecule has 1 aromatic heterocycles. The summed E-state index contributed by atoms with van der Waals surface area (Å²) in [6.45, 7) is 9.17. The van der Waals surface area contributed by atoms with E-state index >= 15 is 0 Å². The van der Waals surface area contributed by atoms with Crippen LogP contribution in [-0.4, -0.2) is 59.5 Å². The first-order valence-corrected chi connectivity index (χ1v) is 10.2. The van der Waals surface area contributed by atoms with Crippen molar-refractivity contribution < 1.29 is 4.79 Å². The number of rotatable bonds is 3. The third-order valence-electron chi connectivity index (χ3n) is 6.41. The molecular formula is C20H31N5O. The van der Waals surface area contributed by atoms with E-state index in [0.717, 1.165) is 62.8 Å². The molecule has 6 heteroatoms. The van der Waals surface area contributed by atoms with E-state index in [-0.39, 0.29) is 0 Å². The van der Waals surface area contributed by atoms with Crippen LogP contribution in [0.5, 0.6) is 0 Å². The number of hydrogen-bond donors (Lipinski definition) is 1. The normalized spacial score (nSPS) is 27.5. The Morgan fingerprint density at radius 3 is 2.81 bits per heavy atom. The minimum absolute atomic E-state index is 0.379. The molecule has 3 saturated heterocycles. The second kappa shape index (κ2) is 7.51. The number of amides is 1. The molecule has 0 aliphatic carbocycles. The number of nitrogens with zero attached hydrogens (tertiary/aromatic N) is 4. The van der Waals surface area contributed by atoms with Crippen molar-refractivity contribution in [3.05, 3.63) is 17.6 Å². The SMILES string of the molecule is Cc1cnc(C)c(N2CC[C@@H]3[C@@H](CCC(=O)N3CC3CCNCC3)C2)n1. The van der Waals surface area contributed by atoms with Crippen LogP contribution < -0.4 is 10.2 Å². The number of likely N-dealkylation sites (tertiary alicyclic amines) is 1. The lowest BCUT2D eigenvalue weighted by molar-refractivity contribution is -0.140. The molecule has 0 unspecified atom stereocenters. The van der Waals surface area contributed by atoms with Gasteiger partial charge in [0.2, 0.25) is 5.91 Å². The Kier molecular flexibility index (Phi) is 5.11. The van der Waals surface area contributed by atoms with Crippen LogP contribution in [0.4, 0.5) is 5.82 Å². The minimum atomic E-state index is 0.379. The van der Waals surface area contributed by atoms with Gasteiger partial charge in [0.25, 0.3) is 0 Å². The Bertz CT molecular complexity index is 658. The average Bonchev–Trinajstić information content (AvgIpc) is 2.66. The van der Waals surface area contributed by atoms with Gasteiger partial charge in [0, 0.05) is 38.3 Å². The number of aromatic nitrogens is 2. The van der Waals surface area contributed by atoms with Crippen LogP contribution in [0.25, 0.3) is 0 Å². The van der Waals surface area contributed by atoms with E-state index in [2.05, 4.69) is 20.1 Å². The predicted octanol–water partition coefficient (Wildman–Crippen LogP) is 1.91. The second-order valence-electron chi connectivity index (χ2n) is 8.26. The molecule has 2 atom stereocenters. The number of aryl methyl sites for hydroxylation is 2. The predicted molar refractivity (Wildman–Crippen MR) is 102 cm³/mol. The van der Waals surface area contributed by atoms with Gasteiger partial charge in [-0.2, -0.15) is 0 Å². The van der Waals surface area contributed by atoms with E-state index in [4.69, 9.17) is 4.98 Å². The first-order chi connectivity index (χ1) is 12.6. The topological polar surface area (TPSA) is 61.4 Å². The second-order valence-corrected chi connectivity index (χ2v) is 8.26. The standard InChI is InChI=1S/C20H31N5O/c1-14-11-22-15(2)20(23-14)24-10-7-18-17(13-24)3-4-19(26)25(18)12-16-5-8-21-9-6-16/h11,16-18,21H,3-10,12-13H2,1-2H3/t17-,18+/m0/s1. The number of nitrogens with one attached hydrogen (secondary N) is 1. The van der Waals surface area contributed by atoms with Crippen molar-refractivity contribution in [2.75, 3.05) is 37.6 Å². The van der Waals surface area contributed by atoms with Crippen molar-refractivity contribution in [2.45, 2.75) is 52.0 Å². The van der Waals surface area contributed by atoms with Crippen LogP contribution >= 0.6 is 0 Å². The summed E-state index contributed by atoms with van der Waals surface area (Å²) < 4.78 is 0. The van der Waals surface area contributed by atoms with Gasteiger partial charge in [0.05, 0.1) is 11.4 Å². The van der Waals surface area contributed by atoms with Gasteiger partial charge >= 0.3 is 0 Å². The number of piperidine rings is 3. The Morgan fingerprint density at radius 2 is 2.00 bits per heavy atom. The zero-order valence-corrected chi connectivity index (χ0v) is 16.1. The molecule has 142 valence electrons. The summed E-state index contributed by atoms with van der Waals surface area (Å²) in [4.78, 5) is 26.5. The Morgan fingerprint density at radius 1 is 1.19 bits per heavy atom. The number of hydrogen-bond acceptors (Lipinski definition) is 5. The third kappa shape index (κ3) is 3.56. The largest absolute Gasteiger partial charge is 0.355 e. The van der Waals surface area contributed by atoms with Gasteiger partial charge in [-0.05, 0) is 64.5 Å². The Labute approximate surface area is 156 Å². The Balaban J connectivity index is 1.46. The molecule has 0 radical (unpaired) electrons. The third-order valence-corrected chi connectivity index (χ3v) is 6.41. The monoisotopic (exact) mass is 357 g/mol. The lowest BCUT2D eigenvalue weighted by atomic mass is 9.82. The minimum Gasteiger partial charge on any atom is -0.355 e. The van der Waals surface area contributed by atoms with E-state index in [1.54, 1.807) is 0 Å². The number of carbonyl (C=O) groups is 1. The zero-order chi connectivity index (χ0) is 18.1. The fourth-order valence-electron chi connectivity index (χ4n) is 4.95. The molecule has 0 saturated carbocycles. The lowest BCUT2D eigenvalue weighted by Crippen LogP contribution is -2.57. The molecule has 0 aromatic carbocycles. The van der Waals surface area contributed by atoms with Crippen LogP contribution in [0.2, 0.25) is 0 Å². The fraction of sp³-hybridized carbons (Fsp3) is 0.750. The maximum Gasteiger partial charge on any atom is 0.222 e. The zero-order valence-electron chi connectivity index (χ0n) is 16.1. The number of carbonyl (C=O) groups excluding carboxylic acids is 1. The highest BCUT2D eigenvalue weighted by Crippen LogP contribution is 2.34. The summed E-state index contributed by atoms with van der Waals surface area (Å²) in [7, 11) is 0. The van der Waals surface area contributed by atoms with Crippen LogP contribution in [0.1, 0.15) is 43.5 Å². The van der Waals surface area contributed by atoms with E-state index in [0.29, 0.717) is 30.2 Å². The van der Waals surface area contributed by atoms with E-state index in [1.165, 1.54) is 12.8 Å². The van der Waals surface area contributed by atoms with Crippen LogP contribution in [0, 0.1) is 25.7 Å². The van der Waals surface area contributed by atoms with Gasteiger partial charge in [-0.3, -0.25) is 9.78 Å². The summed E-state index contributed by atoms with van der Waals surface area (Å²) in [6.07, 6.45) is 7.01. The lowest BCUT2D eigenvalue weighted by Gasteiger charge is -2.48. The molecule has 0 bridgehead atoms. The van der Waals surface area contributed by atoms with Crippen molar-refractivity contribution in [3.8, 4) is 0 Å². The number of fused-ring (bicyclic) bond motifs is 1. The van der Waals surface area contributed by atoms with Gasteiger partial charge in [-0.15, -0.1) is 0 Å². The summed E-state index contributed by atoms with van der Waals surface area (Å²) >= 11 is 0. The molecule has 3 aliphatic rings. The van der Waals surface area contributed by atoms with Gasteiger partial charge in [-0.1, -0.05) is 0 Å². The van der Waals surface area contributed by atoms with E-state index in [9.17, 15) is 4.79 Å². The molecule has 4 rings (SSSR count). The summed E-state index contributed by atoms with van der Waals surface area (Å²) in [5.41, 5.74) is 1.98. The summed E-state index contributed by atoms with van der Waals surface area (Å²) in [6, 6.07) is 0.417. The van der Waals surface area contributed by atoms with Crippen LogP contribution in [0.3, 0.4) is 0 Å². The summed E-state index contributed by atoms with van der Waals surface area (Å²) in [5, 5.41) is 3.43. The van der Waals surface area contributed by atoms with Gasteiger partial charge in [-0.25, -0.2) is 4.98 Å². The van der Waals surface area contributed by atoms with Crippen LogP contribution in [-0.2, 0) is 4.79 Å². The molecule has 6 nitrogen and oxygen atoms in total. The first-order valence-electron chi connectivity index (χ1n) is 10.2. The molecule has 0 spiro atoms. The van der Waals surface area contributed by atoms with Crippen molar-refractivity contribution >= 4 is 11.7 Å². The molecule has 3 aliphatic heterocycles. The smallest absolute Gasteiger partial charge is 0.222 e. The molecular weight excluding hydrogens is 326 g/mol. The molecule has 4 heterocycles. The van der Waals surface area contributed by atoms with Gasteiger partial charge in [0.15, 0.2) is 0 Å². The maximum atomic E-state index is 12.6. The highest BCUT2D eigenvalue weighted by Gasteiger charge is 2.40. The maximum absolute atomic E-state index is 12.6. The van der Waals surface area contributed by atoms with Crippen molar-refractivity contribution in [1.29, 1.82) is 0 Å². The first kappa shape index (κ1) is 17.7. The highest BCUT2D eigenvalue weighted by molar-refractivity contribution is 5.77. The molecule has 1 amide bonds.